The molecular formula is C49H51NO14. The van der Waals surface area contributed by atoms with Crippen LogP contribution in [-0.4, -0.2) is 105 Å². The van der Waals surface area contributed by atoms with Gasteiger partial charge in [0.2, 0.25) is 0 Å². The molecule has 8 rings (SSSR count). The van der Waals surface area contributed by atoms with Crippen molar-refractivity contribution in [3.05, 3.63) is 118 Å². The maximum Gasteiger partial charge on any atom is 0.338 e. The highest BCUT2D eigenvalue weighted by Crippen LogP contribution is 2.64. The van der Waals surface area contributed by atoms with Gasteiger partial charge >= 0.3 is 23.9 Å². The fourth-order valence-corrected chi connectivity index (χ4v) is 10.8. The van der Waals surface area contributed by atoms with Gasteiger partial charge in [-0.2, -0.15) is 0 Å². The number of benzene rings is 3. The molecule has 3 fully saturated rings. The van der Waals surface area contributed by atoms with E-state index in [4.69, 9.17) is 23.7 Å². The minimum absolute atomic E-state index is 0.00254. The van der Waals surface area contributed by atoms with Crippen LogP contribution in [-0.2, 0) is 42.9 Å². The van der Waals surface area contributed by atoms with E-state index in [-0.39, 0.29) is 35.3 Å². The largest absolute Gasteiger partial charge is 0.456 e. The molecule has 2 heterocycles. The molecule has 3 aromatic carbocycles. The monoisotopic (exact) mass is 877 g/mol. The highest BCUT2D eigenvalue weighted by atomic mass is 16.6. The Morgan fingerprint density at radius 2 is 1.47 bits per heavy atom. The molecular weight excluding hydrogens is 827 g/mol. The minimum atomic E-state index is -2.41. The van der Waals surface area contributed by atoms with Gasteiger partial charge in [-0.25, -0.2) is 9.59 Å². The Kier molecular flexibility index (Phi) is 11.3. The number of ketones is 1. The number of hydrogen-bond donors (Lipinski definition) is 4. The van der Waals surface area contributed by atoms with Crippen LogP contribution in [0, 0.1) is 16.7 Å². The van der Waals surface area contributed by atoms with Crippen LogP contribution in [0.15, 0.2) is 90.0 Å². The van der Waals surface area contributed by atoms with Crippen molar-refractivity contribution in [2.75, 3.05) is 6.61 Å². The van der Waals surface area contributed by atoms with E-state index in [1.54, 1.807) is 98.8 Å². The molecule has 0 spiro atoms. The average Bonchev–Trinajstić information content (AvgIpc) is 3.25. The number of hydrogen-bond acceptors (Lipinski definition) is 14. The van der Waals surface area contributed by atoms with E-state index >= 15 is 4.79 Å². The molecule has 64 heavy (non-hydrogen) atoms. The van der Waals surface area contributed by atoms with Gasteiger partial charge in [0, 0.05) is 37.7 Å². The number of aliphatic hydroxyl groups excluding tert-OH is 2. The second-order valence-corrected chi connectivity index (χ2v) is 18.2. The quantitative estimate of drug-likeness (QED) is 0.165. The molecule has 336 valence electrons. The number of Topliss-reactive ketones (excluding diaryl/α,β-unsaturated/α-hetero) is 1. The zero-order chi connectivity index (χ0) is 46.1. The first kappa shape index (κ1) is 44.6. The van der Waals surface area contributed by atoms with Crippen molar-refractivity contribution in [1.82, 2.24) is 5.32 Å². The van der Waals surface area contributed by atoms with Crippen molar-refractivity contribution in [3.8, 4) is 0 Å². The number of aliphatic hydroxyl groups is 3. The van der Waals surface area contributed by atoms with E-state index in [1.807, 2.05) is 0 Å². The molecule has 15 heteroatoms. The smallest absolute Gasteiger partial charge is 0.338 e. The summed E-state index contributed by atoms with van der Waals surface area (Å²) in [6.45, 7) is 8.00. The van der Waals surface area contributed by atoms with Crippen LogP contribution >= 0.6 is 0 Å². The van der Waals surface area contributed by atoms with Gasteiger partial charge in [0.05, 0.1) is 35.6 Å². The Balaban J connectivity index is 1.38. The molecule has 0 aromatic heterocycles. The molecule has 7 bridgehead atoms. The van der Waals surface area contributed by atoms with Gasteiger partial charge in [-0.1, -0.05) is 80.6 Å². The fourth-order valence-electron chi connectivity index (χ4n) is 10.8. The third-order valence-electron chi connectivity index (χ3n) is 14.2. The van der Waals surface area contributed by atoms with Crippen molar-refractivity contribution in [1.29, 1.82) is 0 Å². The summed E-state index contributed by atoms with van der Waals surface area (Å²) in [5.74, 6) is -6.91. The van der Waals surface area contributed by atoms with Crippen molar-refractivity contribution < 1.29 is 67.8 Å². The van der Waals surface area contributed by atoms with E-state index in [1.165, 1.54) is 19.9 Å². The fraction of sp³-hybridized carbons (Fsp3) is 0.429. The third-order valence-corrected chi connectivity index (χ3v) is 14.2. The Hall–Kier alpha value is -6.00. The van der Waals surface area contributed by atoms with Crippen LogP contribution in [0.5, 0.6) is 0 Å². The van der Waals surface area contributed by atoms with Crippen molar-refractivity contribution in [2.45, 2.75) is 108 Å². The first-order valence-corrected chi connectivity index (χ1v) is 21.2. The molecule has 2 aliphatic heterocycles. The van der Waals surface area contributed by atoms with Gasteiger partial charge in [0.25, 0.3) is 5.91 Å². The van der Waals surface area contributed by atoms with E-state index < -0.39 is 113 Å². The highest BCUT2D eigenvalue weighted by molar-refractivity contribution is 5.97. The Bertz CT molecular complexity index is 2500. The van der Waals surface area contributed by atoms with Gasteiger partial charge in [-0.15, -0.1) is 0 Å². The molecule has 1 amide bonds. The molecule has 15 nitrogen and oxygen atoms in total. The molecule has 0 radical (unpaired) electrons. The molecule has 3 aromatic rings. The Labute approximate surface area is 369 Å². The van der Waals surface area contributed by atoms with Crippen LogP contribution < -0.4 is 5.32 Å². The predicted molar refractivity (Wildman–Crippen MR) is 227 cm³/mol. The van der Waals surface area contributed by atoms with Gasteiger partial charge in [0.15, 0.2) is 23.6 Å². The molecule has 4 N–H and O–H groups in total. The lowest BCUT2D eigenvalue weighted by molar-refractivity contribution is -0.346. The number of carbonyl (C=O) groups is 6. The summed E-state index contributed by atoms with van der Waals surface area (Å²) in [7, 11) is 0. The molecule has 2 saturated carbocycles. The lowest BCUT2D eigenvalue weighted by Gasteiger charge is -2.67. The van der Waals surface area contributed by atoms with Gasteiger partial charge < -0.3 is 44.3 Å². The summed E-state index contributed by atoms with van der Waals surface area (Å²) >= 11 is 0. The van der Waals surface area contributed by atoms with Crippen LogP contribution in [0.4, 0.5) is 0 Å². The second-order valence-electron chi connectivity index (χ2n) is 18.2. The number of ether oxygens (including phenoxy) is 5. The van der Waals surface area contributed by atoms with Crippen molar-refractivity contribution in [3.63, 3.8) is 0 Å². The maximum absolute atomic E-state index is 15.6. The number of fused-ring (bicyclic) bond motifs is 10. The molecule has 3 aliphatic carbocycles. The zero-order valence-electron chi connectivity index (χ0n) is 36.2. The van der Waals surface area contributed by atoms with Crippen LogP contribution in [0.2, 0.25) is 0 Å². The lowest BCUT2D eigenvalue weighted by atomic mass is 9.44. The third kappa shape index (κ3) is 7.14. The SMILES string of the molecule is CC(=O)O[C@H]1C(=O)[C@]2(C)[C@@H](O)C[C@H]3OC[C@@]3(OC(C)=O)[C@@H]2[C@@H]2OC(=O)c3cccc(c3)/C=C\c3cccc(c3)C(=O)N[C@@H](c3ccccc3)[C@@H](O)C(=O)O[C@H]3C[C@@]2(O)C(C)(C)C1=C3C. The van der Waals surface area contributed by atoms with Crippen molar-refractivity contribution >= 4 is 47.7 Å². The topological polar surface area (TPSA) is 221 Å². The number of rotatable bonds is 3. The molecule has 11 atom stereocenters. The number of amides is 1. The van der Waals surface area contributed by atoms with Crippen molar-refractivity contribution in [2.24, 2.45) is 16.7 Å². The Morgan fingerprint density at radius 1 is 0.828 bits per heavy atom. The zero-order valence-corrected chi connectivity index (χ0v) is 36.2. The van der Waals surface area contributed by atoms with E-state index in [0.29, 0.717) is 16.7 Å². The maximum atomic E-state index is 15.6. The van der Waals surface area contributed by atoms with Crippen LogP contribution in [0.1, 0.15) is 97.8 Å². The average molecular weight is 878 g/mol. The lowest BCUT2D eigenvalue weighted by Crippen LogP contribution is -2.82. The van der Waals surface area contributed by atoms with Gasteiger partial charge in [0.1, 0.15) is 23.9 Å². The first-order valence-electron chi connectivity index (χ1n) is 21.2. The number of carbonyl (C=O) groups excluding carboxylic acids is 6. The molecule has 5 aliphatic rings. The summed E-state index contributed by atoms with van der Waals surface area (Å²) in [6.07, 6.45) is -7.15. The van der Waals surface area contributed by atoms with Gasteiger partial charge in [-0.3, -0.25) is 19.2 Å². The highest BCUT2D eigenvalue weighted by Gasteiger charge is 2.78. The Morgan fingerprint density at radius 3 is 2.08 bits per heavy atom. The van der Waals surface area contributed by atoms with Crippen LogP contribution in [0.3, 0.4) is 0 Å². The summed E-state index contributed by atoms with van der Waals surface area (Å²) < 4.78 is 30.6. The van der Waals surface area contributed by atoms with Crippen LogP contribution in [0.25, 0.3) is 12.2 Å². The summed E-state index contributed by atoms with van der Waals surface area (Å²) in [5, 5.41) is 40.6. The summed E-state index contributed by atoms with van der Waals surface area (Å²) in [4.78, 5) is 84.8. The van der Waals surface area contributed by atoms with E-state index in [9.17, 15) is 39.3 Å². The van der Waals surface area contributed by atoms with E-state index in [0.717, 1.165) is 13.8 Å². The normalized spacial score (nSPS) is 35.1. The number of esters is 4. The van der Waals surface area contributed by atoms with E-state index in [2.05, 4.69) is 5.32 Å². The number of nitrogens with one attached hydrogen (secondary N) is 1. The predicted octanol–water partition coefficient (Wildman–Crippen LogP) is 4.22. The van der Waals surface area contributed by atoms with Gasteiger partial charge in [-0.05, 0) is 65.9 Å². The second kappa shape index (κ2) is 16.2. The standard InChI is InChI=1S/C49H51NO14/c1-25-33-23-49(59)42(40-47(6,34(53)22-35-48(40,24-60-35)64-27(3)52)41(55)39(61-26(2)51)36(25)46(49,4)5)63-44(57)32-17-11-13-29(21-32)19-18-28-12-10-16-31(20-28)43(56)50-37(38(54)45(58)62-33)30-14-8-7-9-15-30/h7-21,33-35,37-40,42,53-54,59H,22-24H2,1-6H3,(H,50,56)/b19-18-/t33-,34-,35+,37-,38+,39+,40+,42-,47+,48-,49-/m0/s1. The molecule has 0 unspecified atom stereocenters. The first-order chi connectivity index (χ1) is 30.2. The minimum Gasteiger partial charge on any atom is -0.456 e. The summed E-state index contributed by atoms with van der Waals surface area (Å²) in [6, 6.07) is 20.0. The molecule has 1 saturated heterocycles. The summed E-state index contributed by atoms with van der Waals surface area (Å²) in [5.41, 5.74) is -6.01.